The third kappa shape index (κ3) is 1.17. The van der Waals surface area contributed by atoms with Crippen molar-refractivity contribution in [2.24, 2.45) is 0 Å². The van der Waals surface area contributed by atoms with E-state index in [1.807, 2.05) is 42.7 Å². The molecular formula is C10H8N. The minimum absolute atomic E-state index is 1.15. The summed E-state index contributed by atoms with van der Waals surface area (Å²) in [6.45, 7) is 0. The summed E-state index contributed by atoms with van der Waals surface area (Å²) in [5.74, 6) is 0. The molecular weight excluding hydrogens is 134 g/mol. The molecule has 0 atom stereocenters. The van der Waals surface area contributed by atoms with E-state index in [1.54, 1.807) is 0 Å². The first-order chi connectivity index (χ1) is 5.47. The molecule has 0 aliphatic carbocycles. The molecule has 2 aromatic rings. The monoisotopic (exact) mass is 142 g/mol. The third-order valence-electron chi connectivity index (χ3n) is 1.59. The van der Waals surface area contributed by atoms with E-state index in [0.717, 1.165) is 5.69 Å². The Morgan fingerprint density at radius 3 is 2.55 bits per heavy atom. The summed E-state index contributed by atoms with van der Waals surface area (Å²) in [4.78, 5) is 0. The maximum atomic E-state index is 3.03. The zero-order valence-corrected chi connectivity index (χ0v) is 6.07. The van der Waals surface area contributed by atoms with Gasteiger partial charge in [0, 0.05) is 18.1 Å². The summed E-state index contributed by atoms with van der Waals surface area (Å²) in [5.41, 5.74) is 1.15. The van der Waals surface area contributed by atoms with E-state index >= 15 is 0 Å². The predicted octanol–water partition coefficient (Wildman–Crippen LogP) is 2.28. The minimum Gasteiger partial charge on any atom is -0.324 e. The van der Waals surface area contributed by atoms with E-state index in [0.29, 0.717) is 0 Å². The number of hydrogen-bond acceptors (Lipinski definition) is 0. The number of aromatic nitrogens is 1. The lowest BCUT2D eigenvalue weighted by molar-refractivity contribution is 1.08. The van der Waals surface area contributed by atoms with Gasteiger partial charge in [-0.1, -0.05) is 12.1 Å². The lowest BCUT2D eigenvalue weighted by Crippen LogP contribution is -1.86. The van der Waals surface area contributed by atoms with Crippen LogP contribution >= 0.6 is 0 Å². The van der Waals surface area contributed by atoms with Gasteiger partial charge in [0.15, 0.2) is 0 Å². The van der Waals surface area contributed by atoms with Gasteiger partial charge < -0.3 is 4.57 Å². The summed E-state index contributed by atoms with van der Waals surface area (Å²) >= 11 is 0. The SMILES string of the molecule is [c]1cccc(-n2cccc2)c1. The highest BCUT2D eigenvalue weighted by Crippen LogP contribution is 2.05. The fraction of sp³-hybridized carbons (Fsp3) is 0. The van der Waals surface area contributed by atoms with Crippen molar-refractivity contribution in [1.29, 1.82) is 0 Å². The molecule has 1 radical (unpaired) electrons. The van der Waals surface area contributed by atoms with Crippen LogP contribution in [0.25, 0.3) is 5.69 Å². The summed E-state index contributed by atoms with van der Waals surface area (Å²) in [5, 5.41) is 0. The van der Waals surface area contributed by atoms with Crippen molar-refractivity contribution in [3.63, 3.8) is 0 Å². The molecule has 1 heteroatoms. The predicted molar refractivity (Wildman–Crippen MR) is 44.6 cm³/mol. The van der Waals surface area contributed by atoms with Crippen molar-refractivity contribution in [3.05, 3.63) is 54.9 Å². The van der Waals surface area contributed by atoms with Crippen LogP contribution in [0.3, 0.4) is 0 Å². The number of rotatable bonds is 1. The first-order valence-corrected chi connectivity index (χ1v) is 3.56. The summed E-state index contributed by atoms with van der Waals surface area (Å²) < 4.78 is 2.05. The Labute approximate surface area is 65.9 Å². The van der Waals surface area contributed by atoms with Gasteiger partial charge in [0.1, 0.15) is 0 Å². The zero-order valence-electron chi connectivity index (χ0n) is 6.07. The Morgan fingerprint density at radius 2 is 1.91 bits per heavy atom. The molecule has 0 amide bonds. The van der Waals surface area contributed by atoms with Crippen LogP contribution in [0.4, 0.5) is 0 Å². The minimum atomic E-state index is 1.15. The zero-order chi connectivity index (χ0) is 7.52. The number of benzene rings is 1. The van der Waals surface area contributed by atoms with Gasteiger partial charge in [-0.05, 0) is 30.3 Å². The highest BCUT2D eigenvalue weighted by molar-refractivity contribution is 5.31. The Bertz CT molecular complexity index is 308. The van der Waals surface area contributed by atoms with Crippen molar-refractivity contribution < 1.29 is 0 Å². The van der Waals surface area contributed by atoms with Crippen LogP contribution < -0.4 is 0 Å². The van der Waals surface area contributed by atoms with Crippen LogP contribution in [0.15, 0.2) is 48.8 Å². The first-order valence-electron chi connectivity index (χ1n) is 3.56. The molecule has 0 N–H and O–H groups in total. The Hall–Kier alpha value is -1.50. The molecule has 1 heterocycles. The maximum Gasteiger partial charge on any atom is 0.0455 e. The van der Waals surface area contributed by atoms with Gasteiger partial charge in [-0.3, -0.25) is 0 Å². The van der Waals surface area contributed by atoms with E-state index in [1.165, 1.54) is 0 Å². The van der Waals surface area contributed by atoms with Gasteiger partial charge in [0.05, 0.1) is 0 Å². The van der Waals surface area contributed by atoms with E-state index in [4.69, 9.17) is 0 Å². The van der Waals surface area contributed by atoms with Gasteiger partial charge in [-0.15, -0.1) is 0 Å². The van der Waals surface area contributed by atoms with Gasteiger partial charge >= 0.3 is 0 Å². The second-order valence-electron chi connectivity index (χ2n) is 2.35. The van der Waals surface area contributed by atoms with Crippen molar-refractivity contribution >= 4 is 0 Å². The quantitative estimate of drug-likeness (QED) is 0.575. The molecule has 2 rings (SSSR count). The van der Waals surface area contributed by atoms with E-state index in [9.17, 15) is 0 Å². The smallest absolute Gasteiger partial charge is 0.0455 e. The van der Waals surface area contributed by atoms with Crippen molar-refractivity contribution in [3.8, 4) is 5.69 Å². The number of nitrogens with zero attached hydrogens (tertiary/aromatic N) is 1. The lowest BCUT2D eigenvalue weighted by atomic mass is 10.3. The molecule has 0 spiro atoms. The molecule has 1 aromatic carbocycles. The Balaban J connectivity index is 2.46. The molecule has 0 saturated heterocycles. The average molecular weight is 142 g/mol. The second kappa shape index (κ2) is 2.62. The van der Waals surface area contributed by atoms with E-state index in [2.05, 4.69) is 16.7 Å². The van der Waals surface area contributed by atoms with Gasteiger partial charge in [0.2, 0.25) is 0 Å². The number of hydrogen-bond donors (Lipinski definition) is 0. The molecule has 0 saturated carbocycles. The van der Waals surface area contributed by atoms with Crippen LogP contribution in [0.1, 0.15) is 0 Å². The van der Waals surface area contributed by atoms with E-state index in [-0.39, 0.29) is 0 Å². The second-order valence-corrected chi connectivity index (χ2v) is 2.35. The summed E-state index contributed by atoms with van der Waals surface area (Å²) in [7, 11) is 0. The Morgan fingerprint density at radius 1 is 1.09 bits per heavy atom. The van der Waals surface area contributed by atoms with Crippen LogP contribution in [0, 0.1) is 6.07 Å². The van der Waals surface area contributed by atoms with E-state index < -0.39 is 0 Å². The molecule has 11 heavy (non-hydrogen) atoms. The van der Waals surface area contributed by atoms with Crippen LogP contribution in [0.2, 0.25) is 0 Å². The highest BCUT2D eigenvalue weighted by atomic mass is 14.9. The van der Waals surface area contributed by atoms with Crippen molar-refractivity contribution in [2.45, 2.75) is 0 Å². The fourth-order valence-corrected chi connectivity index (χ4v) is 1.05. The lowest BCUT2D eigenvalue weighted by Gasteiger charge is -1.99. The molecule has 1 nitrogen and oxygen atoms in total. The summed E-state index contributed by atoms with van der Waals surface area (Å²) in [6.07, 6.45) is 4.03. The van der Waals surface area contributed by atoms with Crippen molar-refractivity contribution in [2.75, 3.05) is 0 Å². The average Bonchev–Trinajstić information content (AvgIpc) is 2.58. The first kappa shape index (κ1) is 6.23. The highest BCUT2D eigenvalue weighted by Gasteiger charge is 1.89. The van der Waals surface area contributed by atoms with Crippen LogP contribution in [-0.4, -0.2) is 4.57 Å². The maximum absolute atomic E-state index is 3.03. The van der Waals surface area contributed by atoms with Gasteiger partial charge in [0.25, 0.3) is 0 Å². The molecule has 0 aliphatic rings. The molecule has 0 fully saturated rings. The van der Waals surface area contributed by atoms with Crippen LogP contribution in [-0.2, 0) is 0 Å². The standard InChI is InChI=1S/C10H8N/c1-2-6-10(7-3-1)11-8-4-5-9-11/h1-2,4-9H. The van der Waals surface area contributed by atoms with Gasteiger partial charge in [-0.25, -0.2) is 0 Å². The third-order valence-corrected chi connectivity index (χ3v) is 1.59. The molecule has 1 aromatic heterocycles. The largest absolute Gasteiger partial charge is 0.324 e. The molecule has 0 bridgehead atoms. The van der Waals surface area contributed by atoms with Gasteiger partial charge in [-0.2, -0.15) is 0 Å². The Kier molecular flexibility index (Phi) is 1.48. The fourth-order valence-electron chi connectivity index (χ4n) is 1.05. The normalized spacial score (nSPS) is 9.82. The molecule has 0 unspecified atom stereocenters. The molecule has 0 aliphatic heterocycles. The van der Waals surface area contributed by atoms with Crippen molar-refractivity contribution in [1.82, 2.24) is 4.57 Å². The molecule has 53 valence electrons. The van der Waals surface area contributed by atoms with Crippen LogP contribution in [0.5, 0.6) is 0 Å². The summed E-state index contributed by atoms with van der Waals surface area (Å²) in [6, 6.07) is 14.9. The topological polar surface area (TPSA) is 4.93 Å².